The summed E-state index contributed by atoms with van der Waals surface area (Å²) in [7, 11) is -2.52. The third-order valence-electron chi connectivity index (χ3n) is 19.4. The molecule has 20 aromatic rings. The number of aromatic nitrogens is 9. The summed E-state index contributed by atoms with van der Waals surface area (Å²) in [5.74, 6) is 5.82. The minimum atomic E-state index is -3.88. The van der Waals surface area contributed by atoms with Gasteiger partial charge in [0.25, 0.3) is 20.2 Å². The number of phenolic OH excluding ortho intramolecular Hbond substituents is 1. The molecule has 126 heavy (non-hydrogen) atoms. The van der Waals surface area contributed by atoms with E-state index in [1.807, 2.05) is 177 Å². The highest BCUT2D eigenvalue weighted by Gasteiger charge is 2.18. The largest absolute Gasteiger partial charge is 0.508 e. The summed E-state index contributed by atoms with van der Waals surface area (Å²) < 4.78 is 84.1. The van der Waals surface area contributed by atoms with Gasteiger partial charge in [-0.25, -0.2) is 29.1 Å². The number of alkyl halides is 1. The third kappa shape index (κ3) is 24.3. The van der Waals surface area contributed by atoms with Crippen molar-refractivity contribution in [2.75, 3.05) is 33.6 Å². The number of aromatic amines is 1. The van der Waals surface area contributed by atoms with E-state index in [0.29, 0.717) is 21.2 Å². The van der Waals surface area contributed by atoms with E-state index in [-0.39, 0.29) is 24.2 Å². The molecule has 9 aromatic heterocycles. The number of methoxy groups -OCH3 is 3. The molecular weight excluding hydrogens is 1960 g/mol. The van der Waals surface area contributed by atoms with Crippen LogP contribution in [-0.4, -0.2) is 102 Å². The standard InChI is InChI=1S/C25H20N2O4S.C18H14N2O.C17H12N2O.C10H7Cl2NO.C10H8ClNO.C8H9BrO3S.C8H7N.BBr3/c1-18-6-10-23(11-7-18)32(28,29)31-17-30-22-9-8-20-15-25(26-16-21(20)14-22)27-13-12-19-4-2-3-5-24(19)27;1-21-16-7-6-14-11-18(19-12-15(14)10-16)20-9-8-13-4-2-3-5-17(13)20;20-15-6-5-13-10-17(18-11-14(13)9-15)19-8-7-12-3-1-2-4-16(12)19;1-14-7-3-2-6-4-9(11)13-10(12)8(6)5-7;1-13-9-3-2-7-5-10(11)12-6-8(7)4-9;1-7-2-4-8(5-3-7)13(10,11)12-6-9;1-2-4-8-7(3-1)5-6-9-8;2-1(3)4/h2-16H,17H2,1H3;2-12H,1H3;1-11,20H;2-5H,1H3;2-6H,1H3;2-5H,6H2,1H3;1-6,9H;. The molecule has 2 N–H and O–H groups in total. The van der Waals surface area contributed by atoms with Crippen LogP contribution < -0.4 is 18.9 Å². The van der Waals surface area contributed by atoms with E-state index in [9.17, 15) is 21.9 Å². The number of aromatic hydroxyl groups is 1. The highest BCUT2D eigenvalue weighted by molar-refractivity contribution is 9.69. The summed E-state index contributed by atoms with van der Waals surface area (Å²) in [4.78, 5) is 25.0. The van der Waals surface area contributed by atoms with Gasteiger partial charge < -0.3 is 42.7 Å². The van der Waals surface area contributed by atoms with Gasteiger partial charge in [0.1, 0.15) is 67.2 Å². The van der Waals surface area contributed by atoms with Gasteiger partial charge in [-0.2, -0.15) is 16.8 Å². The smallest absolute Gasteiger partial charge is 0.369 e. The van der Waals surface area contributed by atoms with Crippen molar-refractivity contribution in [3.63, 3.8) is 0 Å². The molecule has 0 radical (unpaired) electrons. The predicted molar refractivity (Wildman–Crippen MR) is 525 cm³/mol. The number of rotatable bonds is 14. The first-order valence-electron chi connectivity index (χ1n) is 38.5. The highest BCUT2D eigenvalue weighted by atomic mass is 79.9. The van der Waals surface area contributed by atoms with E-state index in [1.165, 1.54) is 45.9 Å². The van der Waals surface area contributed by atoms with Gasteiger partial charge in [-0.1, -0.05) is 189 Å². The number of hydrogen-bond donors (Lipinski definition) is 2. The van der Waals surface area contributed by atoms with E-state index in [0.717, 1.165) is 122 Å². The van der Waals surface area contributed by atoms with Crippen molar-refractivity contribution in [2.45, 2.75) is 23.6 Å². The normalized spacial score (nSPS) is 11.0. The summed E-state index contributed by atoms with van der Waals surface area (Å²) >= 11 is 29.7. The molecule has 0 unspecified atom stereocenters. The number of nitrogens with one attached hydrogen (secondary N) is 1. The summed E-state index contributed by atoms with van der Waals surface area (Å²) in [6.45, 7) is 3.36. The lowest BCUT2D eigenvalue weighted by atomic mass is 10.1. The molecule has 0 aliphatic carbocycles. The Kier molecular flexibility index (Phi) is 31.7. The number of H-pyrrole nitrogens is 1. The van der Waals surface area contributed by atoms with Crippen LogP contribution in [0, 0.1) is 13.8 Å². The van der Waals surface area contributed by atoms with Crippen molar-refractivity contribution < 1.29 is 49.3 Å². The van der Waals surface area contributed by atoms with Crippen molar-refractivity contribution >= 4 is 219 Å². The molecule has 0 fully saturated rings. The molecule has 0 atom stereocenters. The van der Waals surface area contributed by atoms with E-state index in [1.54, 1.807) is 88.5 Å². The molecule has 30 heteroatoms. The number of fused-ring (bicyclic) bond motifs is 9. The number of halogens is 7. The second-order valence-corrected chi connectivity index (χ2v) is 38.9. The minimum absolute atomic E-state index is 0.0246. The molecule has 0 saturated heterocycles. The molecule has 0 spiro atoms. The number of para-hydroxylation sites is 4. The average molecular weight is 2030 g/mol. The summed E-state index contributed by atoms with van der Waals surface area (Å²) in [5.41, 5.74) is 6.55. The molecule has 9 heterocycles. The maximum atomic E-state index is 12.3. The van der Waals surface area contributed by atoms with Gasteiger partial charge in [0.2, 0.25) is 6.79 Å². The summed E-state index contributed by atoms with van der Waals surface area (Å²) in [6.07, 6.45) is 15.2. The molecule has 20 nitrogen and oxygen atoms in total. The molecule has 0 amide bonds. The van der Waals surface area contributed by atoms with Crippen LogP contribution in [-0.2, 0) is 28.6 Å². The average Bonchev–Trinajstić information content (AvgIpc) is 1.62. The Balaban J connectivity index is 0.000000129. The van der Waals surface area contributed by atoms with Gasteiger partial charge in [0, 0.05) is 82.0 Å². The number of ether oxygens (including phenoxy) is 4. The zero-order valence-electron chi connectivity index (χ0n) is 67.9. The summed E-state index contributed by atoms with van der Waals surface area (Å²) in [6, 6.07) is 92.1. The molecular formula is C96H77BBr4Cl3N9O11S2. The van der Waals surface area contributed by atoms with Crippen LogP contribution >= 0.6 is 98.0 Å². The van der Waals surface area contributed by atoms with Crippen LogP contribution in [0.25, 0.3) is 115 Å². The van der Waals surface area contributed by atoms with Crippen molar-refractivity contribution in [1.82, 2.24) is 43.6 Å². The van der Waals surface area contributed by atoms with Gasteiger partial charge in [0.05, 0.1) is 47.7 Å². The van der Waals surface area contributed by atoms with Gasteiger partial charge >= 0.3 is 3.18 Å². The van der Waals surface area contributed by atoms with E-state index in [2.05, 4.69) is 198 Å². The molecule has 20 rings (SSSR count). The fraction of sp³-hybridized carbons (Fsp3) is 0.0729. The number of hydrogen-bond acceptors (Lipinski definition) is 16. The SMILES string of the molecule is BrB(Br)Br.COc1ccc2cc(-n3ccc4ccccc43)ncc2c1.COc1ccc2cc(Cl)nc(Cl)c2c1.COc1ccc2cc(Cl)ncc2c1.Cc1ccc(S(=O)(=O)OCBr)cc1.Cc1ccc(S(=O)(=O)OCOc2ccc3cc(-n4ccc5ccccc54)ncc3c2)cc1.Oc1ccc2cc(-n3ccc4ccccc43)ncc2c1.c1ccc2[nH]ccc2c1. The first kappa shape index (κ1) is 92.0. The van der Waals surface area contributed by atoms with Crippen molar-refractivity contribution in [2.24, 2.45) is 0 Å². The van der Waals surface area contributed by atoms with E-state index in [4.69, 9.17) is 57.9 Å². The van der Waals surface area contributed by atoms with E-state index >= 15 is 0 Å². The lowest BCUT2D eigenvalue weighted by Crippen LogP contribution is -2.11. The minimum Gasteiger partial charge on any atom is -0.508 e. The van der Waals surface area contributed by atoms with Gasteiger partial charge in [-0.3, -0.25) is 4.18 Å². The first-order chi connectivity index (χ1) is 60.9. The molecule has 636 valence electrons. The Morgan fingerprint density at radius 2 is 0.770 bits per heavy atom. The van der Waals surface area contributed by atoms with Gasteiger partial charge in [0.15, 0.2) is 0 Å². The zero-order chi connectivity index (χ0) is 88.9. The van der Waals surface area contributed by atoms with Crippen LogP contribution in [0.1, 0.15) is 11.1 Å². The third-order valence-corrected chi connectivity index (χ3v) is 23.1. The van der Waals surface area contributed by atoms with Crippen LogP contribution in [0.5, 0.6) is 28.7 Å². The topological polar surface area (TPSA) is 239 Å². The predicted octanol–water partition coefficient (Wildman–Crippen LogP) is 26.1. The Morgan fingerprint density at radius 3 is 1.23 bits per heavy atom. The Bertz CT molecular complexity index is 7380. The maximum absolute atomic E-state index is 12.3. The number of pyridine rings is 5. The van der Waals surface area contributed by atoms with Crippen LogP contribution in [0.4, 0.5) is 0 Å². The molecule has 0 bridgehead atoms. The number of aryl methyl sites for hydroxylation is 2. The zero-order valence-corrected chi connectivity index (χ0v) is 78.1. The molecule has 11 aromatic carbocycles. The lowest BCUT2D eigenvalue weighted by Gasteiger charge is -2.10. The van der Waals surface area contributed by atoms with Crippen LogP contribution in [0.2, 0.25) is 15.5 Å². The highest BCUT2D eigenvalue weighted by Crippen LogP contribution is 2.32. The monoisotopic (exact) mass is 2030 g/mol. The van der Waals surface area contributed by atoms with Gasteiger partial charge in [-0.15, -0.1) is 47.3 Å². The van der Waals surface area contributed by atoms with Crippen LogP contribution in [0.15, 0.2) is 351 Å². The molecule has 0 aliphatic rings. The van der Waals surface area contributed by atoms with Crippen molar-refractivity contribution in [3.8, 4) is 46.2 Å². The van der Waals surface area contributed by atoms with Gasteiger partial charge in [-0.05, 0) is 226 Å². The van der Waals surface area contributed by atoms with Crippen molar-refractivity contribution in [1.29, 1.82) is 0 Å². The second-order valence-electron chi connectivity index (χ2n) is 27.6. The number of nitrogens with zero attached hydrogens (tertiary/aromatic N) is 8. The number of benzene rings is 11. The first-order valence-corrected chi connectivity index (χ1v) is 46.3. The molecule has 0 saturated carbocycles. The van der Waals surface area contributed by atoms with Crippen molar-refractivity contribution in [3.05, 3.63) is 367 Å². The van der Waals surface area contributed by atoms with E-state index < -0.39 is 27.0 Å². The lowest BCUT2D eigenvalue weighted by molar-refractivity contribution is 0.126. The fourth-order valence-electron chi connectivity index (χ4n) is 13.1. The Morgan fingerprint density at radius 1 is 0.389 bits per heavy atom. The maximum Gasteiger partial charge on any atom is 0.369 e. The fourth-order valence-corrected chi connectivity index (χ4v) is 16.0. The Labute approximate surface area is 775 Å². The second kappa shape index (κ2) is 43.5. The van der Waals surface area contributed by atoms with Crippen LogP contribution in [0.3, 0.4) is 0 Å². The quantitative estimate of drug-likeness (QED) is 0.0338. The summed E-state index contributed by atoms with van der Waals surface area (Å²) in [5, 5.41) is 25.6. The molecule has 0 aliphatic heterocycles. The number of phenols is 1. The Hall–Kier alpha value is -11.7.